The van der Waals surface area contributed by atoms with Gasteiger partial charge in [0.15, 0.2) is 0 Å². The van der Waals surface area contributed by atoms with Crippen LogP contribution in [-0.2, 0) is 4.79 Å². The van der Waals surface area contributed by atoms with E-state index in [4.69, 9.17) is 0 Å². The van der Waals surface area contributed by atoms with Gasteiger partial charge in [-0.25, -0.2) is 0 Å². The third-order valence-corrected chi connectivity index (χ3v) is 3.30. The molecule has 1 unspecified atom stereocenters. The minimum atomic E-state index is 0.263. The van der Waals surface area contributed by atoms with E-state index in [-0.39, 0.29) is 11.8 Å². The molecule has 3 heteroatoms. The molecule has 0 aromatic carbocycles. The van der Waals surface area contributed by atoms with Gasteiger partial charge < -0.3 is 10.6 Å². The Morgan fingerprint density at radius 1 is 1.27 bits per heavy atom. The lowest BCUT2D eigenvalue weighted by Crippen LogP contribution is -2.39. The Bertz CT molecular complexity index is 186. The van der Waals surface area contributed by atoms with Crippen LogP contribution in [0.3, 0.4) is 0 Å². The van der Waals surface area contributed by atoms with E-state index in [9.17, 15) is 4.79 Å². The molecule has 0 aromatic rings. The van der Waals surface area contributed by atoms with Gasteiger partial charge in [0.2, 0.25) is 5.91 Å². The monoisotopic (exact) mass is 212 g/mol. The van der Waals surface area contributed by atoms with Crippen LogP contribution in [0, 0.1) is 5.92 Å². The first-order chi connectivity index (χ1) is 7.24. The van der Waals surface area contributed by atoms with E-state index in [0.717, 1.165) is 19.4 Å². The van der Waals surface area contributed by atoms with E-state index in [1.807, 2.05) is 7.05 Å². The molecule has 0 heterocycles. The maximum Gasteiger partial charge on any atom is 0.223 e. The van der Waals surface area contributed by atoms with Crippen LogP contribution in [0.5, 0.6) is 0 Å². The first kappa shape index (κ1) is 12.5. The summed E-state index contributed by atoms with van der Waals surface area (Å²) in [5.74, 6) is 0.538. The predicted octanol–water partition coefficient (Wildman–Crippen LogP) is 1.68. The first-order valence-corrected chi connectivity index (χ1v) is 6.19. The number of rotatable bonds is 4. The molecular weight excluding hydrogens is 188 g/mol. The summed E-state index contributed by atoms with van der Waals surface area (Å²) in [6.07, 6.45) is 7.21. The van der Waals surface area contributed by atoms with Crippen molar-refractivity contribution in [3.05, 3.63) is 0 Å². The van der Waals surface area contributed by atoms with Gasteiger partial charge in [-0.1, -0.05) is 25.7 Å². The Morgan fingerprint density at radius 2 is 1.87 bits per heavy atom. The van der Waals surface area contributed by atoms with Crippen molar-refractivity contribution in [2.75, 3.05) is 13.6 Å². The van der Waals surface area contributed by atoms with Gasteiger partial charge in [0, 0.05) is 18.5 Å². The zero-order chi connectivity index (χ0) is 11.1. The van der Waals surface area contributed by atoms with Crippen LogP contribution in [0.2, 0.25) is 0 Å². The highest BCUT2D eigenvalue weighted by Crippen LogP contribution is 2.22. The average Bonchev–Trinajstić information content (AvgIpc) is 2.53. The van der Waals surface area contributed by atoms with Gasteiger partial charge >= 0.3 is 0 Å². The van der Waals surface area contributed by atoms with Gasteiger partial charge in [0.1, 0.15) is 0 Å². The lowest BCUT2D eigenvalue weighted by atomic mass is 9.99. The molecule has 0 radical (unpaired) electrons. The third kappa shape index (κ3) is 4.65. The molecule has 0 spiro atoms. The zero-order valence-corrected chi connectivity index (χ0v) is 10.0. The van der Waals surface area contributed by atoms with Crippen LogP contribution in [-0.4, -0.2) is 25.5 Å². The molecule has 2 N–H and O–H groups in total. The quantitative estimate of drug-likeness (QED) is 0.696. The van der Waals surface area contributed by atoms with Crippen LogP contribution in [0.1, 0.15) is 45.4 Å². The Hall–Kier alpha value is -0.570. The number of carbonyl (C=O) groups excluding carboxylic acids is 1. The fourth-order valence-electron chi connectivity index (χ4n) is 2.04. The van der Waals surface area contributed by atoms with Crippen LogP contribution in [0.15, 0.2) is 0 Å². The maximum atomic E-state index is 11.8. The number of hydrogen-bond donors (Lipinski definition) is 2. The fourth-order valence-corrected chi connectivity index (χ4v) is 2.04. The van der Waals surface area contributed by atoms with Crippen molar-refractivity contribution >= 4 is 5.91 Å². The number of amides is 1. The van der Waals surface area contributed by atoms with E-state index in [1.54, 1.807) is 0 Å². The molecule has 1 aliphatic rings. The van der Waals surface area contributed by atoms with E-state index in [1.165, 1.54) is 25.7 Å². The average molecular weight is 212 g/mol. The summed E-state index contributed by atoms with van der Waals surface area (Å²) in [6, 6.07) is 0.361. The van der Waals surface area contributed by atoms with E-state index in [2.05, 4.69) is 17.6 Å². The standard InChI is InChI=1S/C12H24N2O/c1-10(13-2)9-14-12(15)11-7-5-3-4-6-8-11/h10-11,13H,3-9H2,1-2H3,(H,14,15). The summed E-state index contributed by atoms with van der Waals surface area (Å²) in [4.78, 5) is 11.8. The van der Waals surface area contributed by atoms with Gasteiger partial charge in [0.05, 0.1) is 0 Å². The molecule has 1 aliphatic carbocycles. The zero-order valence-electron chi connectivity index (χ0n) is 10.0. The molecule has 1 atom stereocenters. The Morgan fingerprint density at radius 3 is 2.40 bits per heavy atom. The molecule has 15 heavy (non-hydrogen) atoms. The lowest BCUT2D eigenvalue weighted by Gasteiger charge is -2.16. The minimum Gasteiger partial charge on any atom is -0.354 e. The summed E-state index contributed by atoms with van der Waals surface area (Å²) >= 11 is 0. The van der Waals surface area contributed by atoms with E-state index < -0.39 is 0 Å². The van der Waals surface area contributed by atoms with Crippen molar-refractivity contribution in [1.82, 2.24) is 10.6 Å². The lowest BCUT2D eigenvalue weighted by molar-refractivity contribution is -0.125. The van der Waals surface area contributed by atoms with Gasteiger partial charge in [-0.15, -0.1) is 0 Å². The summed E-state index contributed by atoms with van der Waals surface area (Å²) in [7, 11) is 1.92. The highest BCUT2D eigenvalue weighted by Gasteiger charge is 2.19. The maximum absolute atomic E-state index is 11.8. The molecule has 1 fully saturated rings. The number of nitrogens with one attached hydrogen (secondary N) is 2. The second-order valence-electron chi connectivity index (χ2n) is 4.62. The third-order valence-electron chi connectivity index (χ3n) is 3.30. The second kappa shape index (κ2) is 6.83. The van der Waals surface area contributed by atoms with Crippen LogP contribution < -0.4 is 10.6 Å². The molecule has 0 bridgehead atoms. The van der Waals surface area contributed by atoms with Crippen molar-refractivity contribution in [3.8, 4) is 0 Å². The highest BCUT2D eigenvalue weighted by molar-refractivity contribution is 5.78. The molecule has 0 aromatic heterocycles. The molecular formula is C12H24N2O. The van der Waals surface area contributed by atoms with Crippen molar-refractivity contribution in [3.63, 3.8) is 0 Å². The molecule has 1 rings (SSSR count). The smallest absolute Gasteiger partial charge is 0.223 e. The molecule has 1 saturated carbocycles. The first-order valence-electron chi connectivity index (χ1n) is 6.19. The van der Waals surface area contributed by atoms with E-state index in [0.29, 0.717) is 6.04 Å². The second-order valence-corrected chi connectivity index (χ2v) is 4.62. The van der Waals surface area contributed by atoms with Crippen LogP contribution in [0.4, 0.5) is 0 Å². The Kier molecular flexibility index (Phi) is 5.69. The topological polar surface area (TPSA) is 41.1 Å². The number of hydrogen-bond acceptors (Lipinski definition) is 2. The predicted molar refractivity (Wildman–Crippen MR) is 62.7 cm³/mol. The molecule has 88 valence electrons. The van der Waals surface area contributed by atoms with Crippen LogP contribution in [0.25, 0.3) is 0 Å². The number of likely N-dealkylation sites (N-methyl/N-ethyl adjacent to an activating group) is 1. The normalized spacial score (nSPS) is 20.7. The van der Waals surface area contributed by atoms with Gasteiger partial charge in [-0.2, -0.15) is 0 Å². The molecule has 3 nitrogen and oxygen atoms in total. The molecule has 0 aliphatic heterocycles. The Labute approximate surface area is 93.0 Å². The summed E-state index contributed by atoms with van der Waals surface area (Å²) in [5, 5.41) is 6.15. The Balaban J connectivity index is 2.25. The van der Waals surface area contributed by atoms with Gasteiger partial charge in [0.25, 0.3) is 0 Å². The minimum absolute atomic E-state index is 0.263. The highest BCUT2D eigenvalue weighted by atomic mass is 16.1. The van der Waals surface area contributed by atoms with Crippen molar-refractivity contribution in [2.24, 2.45) is 5.92 Å². The van der Waals surface area contributed by atoms with Gasteiger partial charge in [-0.3, -0.25) is 4.79 Å². The molecule has 1 amide bonds. The summed E-state index contributed by atoms with van der Waals surface area (Å²) < 4.78 is 0. The van der Waals surface area contributed by atoms with Crippen molar-refractivity contribution in [2.45, 2.75) is 51.5 Å². The summed E-state index contributed by atoms with van der Waals surface area (Å²) in [5.41, 5.74) is 0. The van der Waals surface area contributed by atoms with Crippen LogP contribution >= 0.6 is 0 Å². The van der Waals surface area contributed by atoms with Crippen molar-refractivity contribution < 1.29 is 4.79 Å². The van der Waals surface area contributed by atoms with E-state index >= 15 is 0 Å². The SMILES string of the molecule is CNC(C)CNC(=O)C1CCCCCC1. The molecule has 0 saturated heterocycles. The largest absolute Gasteiger partial charge is 0.354 e. The van der Waals surface area contributed by atoms with Crippen molar-refractivity contribution in [1.29, 1.82) is 0 Å². The summed E-state index contributed by atoms with van der Waals surface area (Å²) in [6.45, 7) is 2.82. The number of carbonyl (C=O) groups is 1. The van der Waals surface area contributed by atoms with Gasteiger partial charge in [-0.05, 0) is 26.8 Å². The fraction of sp³-hybridized carbons (Fsp3) is 0.917.